The summed E-state index contributed by atoms with van der Waals surface area (Å²) in [5.74, 6) is 0.232. The second kappa shape index (κ2) is 7.55. The number of methoxy groups -OCH3 is 2. The van der Waals surface area contributed by atoms with Crippen LogP contribution in [0.5, 0.6) is 17.2 Å². The van der Waals surface area contributed by atoms with Gasteiger partial charge < -0.3 is 14.6 Å². The molecular weight excluding hydrogens is 368 g/mol. The van der Waals surface area contributed by atoms with Gasteiger partial charge in [-0.1, -0.05) is 30.3 Å². The molecule has 0 saturated heterocycles. The minimum absolute atomic E-state index is 0.110. The summed E-state index contributed by atoms with van der Waals surface area (Å²) in [7, 11) is -1.02. The van der Waals surface area contributed by atoms with Crippen LogP contribution in [0.25, 0.3) is 10.8 Å². The van der Waals surface area contributed by atoms with Gasteiger partial charge in [-0.05, 0) is 35.0 Å². The molecule has 0 aromatic heterocycles. The van der Waals surface area contributed by atoms with Crippen LogP contribution in [0.4, 0.5) is 0 Å². The number of benzene rings is 3. The van der Waals surface area contributed by atoms with E-state index in [9.17, 15) is 13.5 Å². The van der Waals surface area contributed by atoms with Crippen molar-refractivity contribution in [2.45, 2.75) is 4.90 Å². The molecule has 0 spiro atoms. The molecule has 3 aromatic carbocycles. The summed E-state index contributed by atoms with van der Waals surface area (Å²) in [6, 6.07) is 15.3. The lowest BCUT2D eigenvalue weighted by Gasteiger charge is -2.09. The Morgan fingerprint density at radius 3 is 2.22 bits per heavy atom. The van der Waals surface area contributed by atoms with Gasteiger partial charge in [0.05, 0.1) is 25.3 Å². The van der Waals surface area contributed by atoms with Crippen LogP contribution < -0.4 is 14.3 Å². The van der Waals surface area contributed by atoms with Gasteiger partial charge in [-0.2, -0.15) is 13.5 Å². The first kappa shape index (κ1) is 18.5. The second-order valence-corrected chi connectivity index (χ2v) is 7.30. The predicted molar refractivity (Wildman–Crippen MR) is 103 cm³/mol. The van der Waals surface area contributed by atoms with E-state index in [1.54, 1.807) is 12.1 Å². The predicted octanol–water partition coefficient (Wildman–Crippen LogP) is 2.88. The van der Waals surface area contributed by atoms with E-state index in [0.717, 1.165) is 10.8 Å². The molecule has 0 fully saturated rings. The zero-order valence-electron chi connectivity index (χ0n) is 14.7. The van der Waals surface area contributed by atoms with Crippen molar-refractivity contribution in [1.29, 1.82) is 0 Å². The maximum atomic E-state index is 12.5. The van der Waals surface area contributed by atoms with Crippen LogP contribution in [0.15, 0.2) is 64.6 Å². The Hall–Kier alpha value is -3.26. The Balaban J connectivity index is 1.84. The Labute approximate surface area is 156 Å². The number of nitrogens with zero attached hydrogens (tertiary/aromatic N) is 1. The number of rotatable bonds is 6. The van der Waals surface area contributed by atoms with Gasteiger partial charge in [-0.15, -0.1) is 0 Å². The fourth-order valence-corrected chi connectivity index (χ4v) is 3.37. The zero-order chi connectivity index (χ0) is 19.4. The number of fused-ring (bicyclic) bond motifs is 1. The van der Waals surface area contributed by atoms with Gasteiger partial charge in [-0.25, -0.2) is 4.83 Å². The minimum atomic E-state index is -3.82. The van der Waals surface area contributed by atoms with Crippen molar-refractivity contribution in [1.82, 2.24) is 4.83 Å². The standard InChI is InChI=1S/C19H18N2O5S/c1-25-17-9-13(10-18(26-2)19(17)22)12-20-21-27(23,24)16-8-7-14-5-3-4-6-15(14)11-16/h3-12,21-22H,1-2H3/b20-12-. The summed E-state index contributed by atoms with van der Waals surface area (Å²) in [5, 5.41) is 15.5. The first-order valence-corrected chi connectivity index (χ1v) is 9.41. The zero-order valence-corrected chi connectivity index (χ0v) is 15.5. The normalized spacial score (nSPS) is 11.6. The lowest BCUT2D eigenvalue weighted by Crippen LogP contribution is -2.18. The number of phenols is 1. The molecule has 0 saturated carbocycles. The number of sulfonamides is 1. The van der Waals surface area contributed by atoms with E-state index in [0.29, 0.717) is 5.56 Å². The van der Waals surface area contributed by atoms with Crippen LogP contribution in [-0.2, 0) is 10.0 Å². The molecule has 8 heteroatoms. The van der Waals surface area contributed by atoms with Crippen molar-refractivity contribution < 1.29 is 23.0 Å². The van der Waals surface area contributed by atoms with Crippen LogP contribution in [0.3, 0.4) is 0 Å². The molecule has 0 unspecified atom stereocenters. The van der Waals surface area contributed by atoms with Crippen LogP contribution in [0.2, 0.25) is 0 Å². The quantitative estimate of drug-likeness (QED) is 0.502. The number of hydrogen-bond donors (Lipinski definition) is 2. The van der Waals surface area contributed by atoms with Crippen molar-refractivity contribution in [2.24, 2.45) is 5.10 Å². The lowest BCUT2D eigenvalue weighted by molar-refractivity contribution is 0.340. The van der Waals surface area contributed by atoms with Crippen LogP contribution in [-0.4, -0.2) is 34.0 Å². The second-order valence-electron chi connectivity index (χ2n) is 5.64. The maximum absolute atomic E-state index is 12.5. The van der Waals surface area contributed by atoms with E-state index in [-0.39, 0.29) is 22.1 Å². The topological polar surface area (TPSA) is 97.2 Å². The number of hydrogen-bond acceptors (Lipinski definition) is 6. The molecule has 7 nitrogen and oxygen atoms in total. The minimum Gasteiger partial charge on any atom is -0.502 e. The van der Waals surface area contributed by atoms with Gasteiger partial charge in [-0.3, -0.25) is 0 Å². The first-order chi connectivity index (χ1) is 12.9. The number of hydrazone groups is 1. The van der Waals surface area contributed by atoms with Crippen molar-refractivity contribution >= 4 is 27.0 Å². The molecule has 0 amide bonds. The van der Waals surface area contributed by atoms with Gasteiger partial charge in [0.25, 0.3) is 10.0 Å². The molecule has 27 heavy (non-hydrogen) atoms. The van der Waals surface area contributed by atoms with Gasteiger partial charge in [0.1, 0.15) is 0 Å². The Morgan fingerprint density at radius 2 is 1.59 bits per heavy atom. The van der Waals surface area contributed by atoms with E-state index in [2.05, 4.69) is 9.93 Å². The Bertz CT molecular complexity index is 1090. The molecule has 0 bridgehead atoms. The van der Waals surface area contributed by atoms with Crippen LogP contribution in [0.1, 0.15) is 5.56 Å². The monoisotopic (exact) mass is 386 g/mol. The van der Waals surface area contributed by atoms with Crippen LogP contribution >= 0.6 is 0 Å². The summed E-state index contributed by atoms with van der Waals surface area (Å²) in [4.78, 5) is 2.29. The molecule has 0 radical (unpaired) electrons. The number of ether oxygens (including phenoxy) is 2. The number of nitrogens with one attached hydrogen (secondary N) is 1. The highest BCUT2D eigenvalue weighted by Crippen LogP contribution is 2.36. The first-order valence-electron chi connectivity index (χ1n) is 7.93. The van der Waals surface area contributed by atoms with E-state index < -0.39 is 10.0 Å². The third-order valence-corrected chi connectivity index (χ3v) is 5.14. The number of aromatic hydroxyl groups is 1. The van der Waals surface area contributed by atoms with Gasteiger partial charge >= 0.3 is 0 Å². The molecule has 0 aliphatic heterocycles. The van der Waals surface area contributed by atoms with Gasteiger partial charge in [0.15, 0.2) is 11.5 Å². The molecule has 3 rings (SSSR count). The van der Waals surface area contributed by atoms with E-state index in [4.69, 9.17) is 9.47 Å². The van der Waals surface area contributed by atoms with Crippen molar-refractivity contribution in [3.63, 3.8) is 0 Å². The third kappa shape index (κ3) is 3.95. The molecular formula is C19H18N2O5S. The van der Waals surface area contributed by atoms with Crippen LogP contribution in [0, 0.1) is 0 Å². The SMILES string of the molecule is COc1cc(/C=N\NS(=O)(=O)c2ccc3ccccc3c2)cc(OC)c1O. The summed E-state index contributed by atoms with van der Waals surface area (Å²) in [6.45, 7) is 0. The molecule has 0 aliphatic rings. The molecule has 0 atom stereocenters. The maximum Gasteiger partial charge on any atom is 0.276 e. The molecule has 0 heterocycles. The third-order valence-electron chi connectivity index (χ3n) is 3.92. The smallest absolute Gasteiger partial charge is 0.276 e. The molecule has 0 aliphatic carbocycles. The highest BCUT2D eigenvalue weighted by molar-refractivity contribution is 7.89. The average molecular weight is 386 g/mol. The number of phenolic OH excluding ortho intramolecular Hbond substituents is 1. The van der Waals surface area contributed by atoms with E-state index in [1.807, 2.05) is 24.3 Å². The van der Waals surface area contributed by atoms with Gasteiger partial charge in [0.2, 0.25) is 5.75 Å². The van der Waals surface area contributed by atoms with Crippen molar-refractivity contribution in [3.8, 4) is 17.2 Å². The fraction of sp³-hybridized carbons (Fsp3) is 0.105. The lowest BCUT2D eigenvalue weighted by atomic mass is 10.1. The molecule has 2 N–H and O–H groups in total. The summed E-state index contributed by atoms with van der Waals surface area (Å²) in [5.41, 5.74) is 0.489. The van der Waals surface area contributed by atoms with Crippen molar-refractivity contribution in [3.05, 3.63) is 60.2 Å². The summed E-state index contributed by atoms with van der Waals surface area (Å²) < 4.78 is 35.0. The van der Waals surface area contributed by atoms with E-state index in [1.165, 1.54) is 38.6 Å². The van der Waals surface area contributed by atoms with E-state index >= 15 is 0 Å². The van der Waals surface area contributed by atoms with Crippen molar-refractivity contribution in [2.75, 3.05) is 14.2 Å². The summed E-state index contributed by atoms with van der Waals surface area (Å²) >= 11 is 0. The average Bonchev–Trinajstić information content (AvgIpc) is 2.68. The Kier molecular flexibility index (Phi) is 5.18. The largest absolute Gasteiger partial charge is 0.502 e. The molecule has 140 valence electrons. The highest BCUT2D eigenvalue weighted by atomic mass is 32.2. The van der Waals surface area contributed by atoms with Gasteiger partial charge in [0, 0.05) is 5.56 Å². The molecule has 3 aromatic rings. The Morgan fingerprint density at radius 1 is 0.963 bits per heavy atom. The fourth-order valence-electron chi connectivity index (χ4n) is 2.55. The summed E-state index contributed by atoms with van der Waals surface area (Å²) in [6.07, 6.45) is 1.29. The highest BCUT2D eigenvalue weighted by Gasteiger charge is 2.14.